The second-order valence-corrected chi connectivity index (χ2v) is 5.38. The van der Waals surface area contributed by atoms with Gasteiger partial charge in [-0.1, -0.05) is 0 Å². The van der Waals surface area contributed by atoms with Crippen LogP contribution in [0.2, 0.25) is 0 Å². The van der Waals surface area contributed by atoms with Crippen LogP contribution in [0.25, 0.3) is 0 Å². The molecule has 1 saturated carbocycles. The smallest absolute Gasteiger partial charge is 0.240 e. The zero-order valence-corrected chi connectivity index (χ0v) is 9.49. The predicted octanol–water partition coefficient (Wildman–Crippen LogP) is 1.09. The Morgan fingerprint density at radius 3 is 2.56 bits per heavy atom. The number of hydrogen-bond acceptors (Lipinski definition) is 2. The van der Waals surface area contributed by atoms with Crippen molar-refractivity contribution in [3.05, 3.63) is 0 Å². The maximum atomic E-state index is 13.6. The van der Waals surface area contributed by atoms with Gasteiger partial charge >= 0.3 is 0 Å². The lowest BCUT2D eigenvalue weighted by Gasteiger charge is -2.33. The number of piperidine rings is 2. The summed E-state index contributed by atoms with van der Waals surface area (Å²) in [5.74, 6) is 0.0916. The number of carbonyl (C=O) groups excluding carboxylic acids is 1. The molecule has 0 radical (unpaired) electrons. The average molecular weight is 226 g/mol. The Morgan fingerprint density at radius 2 is 1.94 bits per heavy atom. The molecular formula is C12H19FN2O. The fourth-order valence-electron chi connectivity index (χ4n) is 3.44. The van der Waals surface area contributed by atoms with Gasteiger partial charge in [0.1, 0.15) is 6.17 Å². The second-order valence-electron chi connectivity index (χ2n) is 5.38. The quantitative estimate of drug-likeness (QED) is 0.726. The van der Waals surface area contributed by atoms with E-state index in [2.05, 4.69) is 5.32 Å². The molecule has 3 fully saturated rings. The summed E-state index contributed by atoms with van der Waals surface area (Å²) in [4.78, 5) is 14.2. The summed E-state index contributed by atoms with van der Waals surface area (Å²) in [6.45, 7) is 1.73. The third kappa shape index (κ3) is 1.63. The Balaban J connectivity index is 1.66. The Morgan fingerprint density at radius 1 is 1.19 bits per heavy atom. The summed E-state index contributed by atoms with van der Waals surface area (Å²) < 4.78 is 13.6. The van der Waals surface area contributed by atoms with Crippen LogP contribution < -0.4 is 5.32 Å². The van der Waals surface area contributed by atoms with Crippen LogP contribution in [0.5, 0.6) is 0 Å². The van der Waals surface area contributed by atoms with Gasteiger partial charge in [-0.05, 0) is 32.1 Å². The highest BCUT2D eigenvalue weighted by molar-refractivity contribution is 5.83. The molecule has 90 valence electrons. The Bertz CT molecular complexity index is 291. The van der Waals surface area contributed by atoms with E-state index in [0.717, 1.165) is 32.4 Å². The molecular weight excluding hydrogens is 207 g/mol. The molecule has 1 aliphatic carbocycles. The SMILES string of the molecule is O=C([C@H]1N[C@H]2C[C@@H]1[C@@H](F)C2)N1CCCCC1. The van der Waals surface area contributed by atoms with Crippen molar-refractivity contribution in [2.75, 3.05) is 13.1 Å². The number of hydrogen-bond donors (Lipinski definition) is 1. The number of rotatable bonds is 1. The van der Waals surface area contributed by atoms with Crippen LogP contribution in [0.1, 0.15) is 32.1 Å². The van der Waals surface area contributed by atoms with E-state index in [1.165, 1.54) is 6.42 Å². The monoisotopic (exact) mass is 226 g/mol. The number of halogens is 1. The van der Waals surface area contributed by atoms with Crippen LogP contribution in [0.3, 0.4) is 0 Å². The fraction of sp³-hybridized carbons (Fsp3) is 0.917. The normalized spacial score (nSPS) is 42.7. The summed E-state index contributed by atoms with van der Waals surface area (Å²) in [5.41, 5.74) is 0. The van der Waals surface area contributed by atoms with E-state index in [4.69, 9.17) is 0 Å². The molecule has 1 amide bonds. The Kier molecular flexibility index (Phi) is 2.62. The van der Waals surface area contributed by atoms with Crippen molar-refractivity contribution in [3.8, 4) is 0 Å². The van der Waals surface area contributed by atoms with Crippen LogP contribution in [-0.2, 0) is 4.79 Å². The van der Waals surface area contributed by atoms with Crippen LogP contribution >= 0.6 is 0 Å². The Hall–Kier alpha value is -0.640. The minimum absolute atomic E-state index is 0.0561. The van der Waals surface area contributed by atoms with E-state index in [0.29, 0.717) is 6.42 Å². The molecule has 3 rings (SSSR count). The van der Waals surface area contributed by atoms with Crippen LogP contribution in [-0.4, -0.2) is 42.2 Å². The summed E-state index contributed by atoms with van der Waals surface area (Å²) in [6, 6.07) is 0.0191. The molecule has 0 aromatic heterocycles. The summed E-state index contributed by atoms with van der Waals surface area (Å²) in [5, 5.41) is 3.29. The number of nitrogens with one attached hydrogen (secondary N) is 1. The van der Waals surface area contributed by atoms with Crippen LogP contribution in [0.15, 0.2) is 0 Å². The zero-order chi connectivity index (χ0) is 11.1. The highest BCUT2D eigenvalue weighted by Crippen LogP contribution is 2.38. The van der Waals surface area contributed by atoms with E-state index in [1.807, 2.05) is 4.90 Å². The molecule has 0 unspecified atom stereocenters. The lowest BCUT2D eigenvalue weighted by atomic mass is 9.96. The first-order chi connectivity index (χ1) is 7.75. The van der Waals surface area contributed by atoms with Gasteiger partial charge in [0.25, 0.3) is 0 Å². The fourth-order valence-corrected chi connectivity index (χ4v) is 3.44. The molecule has 1 N–H and O–H groups in total. The highest BCUT2D eigenvalue weighted by Gasteiger charge is 2.50. The minimum atomic E-state index is -0.759. The van der Waals surface area contributed by atoms with E-state index in [1.54, 1.807) is 0 Å². The van der Waals surface area contributed by atoms with Gasteiger partial charge in [-0.3, -0.25) is 4.79 Å². The maximum Gasteiger partial charge on any atom is 0.240 e. The first-order valence-corrected chi connectivity index (χ1v) is 6.44. The third-order valence-electron chi connectivity index (χ3n) is 4.31. The van der Waals surface area contributed by atoms with Crippen molar-refractivity contribution in [2.45, 2.75) is 50.4 Å². The molecule has 4 atom stereocenters. The number of carbonyl (C=O) groups is 1. The predicted molar refractivity (Wildman–Crippen MR) is 58.8 cm³/mol. The van der Waals surface area contributed by atoms with Crippen molar-refractivity contribution >= 4 is 5.91 Å². The summed E-state index contributed by atoms with van der Waals surface area (Å²) >= 11 is 0. The van der Waals surface area contributed by atoms with E-state index in [9.17, 15) is 9.18 Å². The zero-order valence-electron chi connectivity index (χ0n) is 9.49. The van der Waals surface area contributed by atoms with Gasteiger partial charge in [-0.15, -0.1) is 0 Å². The lowest BCUT2D eigenvalue weighted by molar-refractivity contribution is -0.136. The summed E-state index contributed by atoms with van der Waals surface area (Å²) in [6.07, 6.45) is 4.13. The van der Waals surface area contributed by atoms with Gasteiger partial charge in [0.2, 0.25) is 5.91 Å². The molecule has 2 heterocycles. The topological polar surface area (TPSA) is 32.3 Å². The number of nitrogens with zero attached hydrogens (tertiary/aromatic N) is 1. The summed E-state index contributed by atoms with van der Waals surface area (Å²) in [7, 11) is 0. The average Bonchev–Trinajstić information content (AvgIpc) is 2.88. The van der Waals surface area contributed by atoms with Gasteiger partial charge in [0.15, 0.2) is 0 Å². The van der Waals surface area contributed by atoms with Gasteiger partial charge in [-0.25, -0.2) is 4.39 Å². The van der Waals surface area contributed by atoms with Crippen molar-refractivity contribution < 1.29 is 9.18 Å². The first kappa shape index (κ1) is 10.5. The molecule has 3 nitrogen and oxygen atoms in total. The van der Waals surface area contributed by atoms with E-state index < -0.39 is 6.17 Å². The molecule has 2 bridgehead atoms. The number of amides is 1. The number of likely N-dealkylation sites (tertiary alicyclic amines) is 1. The molecule has 2 saturated heterocycles. The molecule has 0 spiro atoms. The van der Waals surface area contributed by atoms with E-state index >= 15 is 0 Å². The molecule has 16 heavy (non-hydrogen) atoms. The van der Waals surface area contributed by atoms with Crippen LogP contribution in [0, 0.1) is 5.92 Å². The molecule has 0 aromatic carbocycles. The maximum absolute atomic E-state index is 13.6. The van der Waals surface area contributed by atoms with E-state index in [-0.39, 0.29) is 23.9 Å². The molecule has 0 aromatic rings. The Labute approximate surface area is 95.4 Å². The molecule has 3 aliphatic rings. The highest BCUT2D eigenvalue weighted by atomic mass is 19.1. The third-order valence-corrected chi connectivity index (χ3v) is 4.31. The number of alkyl halides is 1. The largest absolute Gasteiger partial charge is 0.341 e. The van der Waals surface area contributed by atoms with Gasteiger partial charge < -0.3 is 10.2 Å². The van der Waals surface area contributed by atoms with Gasteiger partial charge in [-0.2, -0.15) is 0 Å². The molecule has 4 heteroatoms. The van der Waals surface area contributed by atoms with Crippen LogP contribution in [0.4, 0.5) is 4.39 Å². The van der Waals surface area contributed by atoms with Crippen molar-refractivity contribution in [2.24, 2.45) is 5.92 Å². The minimum Gasteiger partial charge on any atom is -0.341 e. The van der Waals surface area contributed by atoms with Crippen molar-refractivity contribution in [1.82, 2.24) is 10.2 Å². The number of fused-ring (bicyclic) bond motifs is 2. The standard InChI is InChI=1S/C12H19FN2O/c13-10-7-8-6-9(10)11(14-8)12(16)15-4-2-1-3-5-15/h8-11,14H,1-7H2/t8-,9+,10-,11-/m0/s1. The first-order valence-electron chi connectivity index (χ1n) is 6.44. The second kappa shape index (κ2) is 3.99. The molecule has 2 aliphatic heterocycles. The van der Waals surface area contributed by atoms with Gasteiger partial charge in [0.05, 0.1) is 6.04 Å². The van der Waals surface area contributed by atoms with Gasteiger partial charge in [0, 0.05) is 25.0 Å². The lowest BCUT2D eigenvalue weighted by Crippen LogP contribution is -2.52. The van der Waals surface area contributed by atoms with Crippen molar-refractivity contribution in [1.29, 1.82) is 0 Å². The van der Waals surface area contributed by atoms with Crippen molar-refractivity contribution in [3.63, 3.8) is 0 Å².